The highest BCUT2D eigenvalue weighted by atomic mass is 16.5. The summed E-state index contributed by atoms with van der Waals surface area (Å²) in [4.78, 5) is 42.5. The lowest BCUT2D eigenvalue weighted by Crippen LogP contribution is -2.31. The van der Waals surface area contributed by atoms with E-state index in [-0.39, 0.29) is 12.1 Å². The Balaban J connectivity index is 2.34. The Morgan fingerprint density at radius 2 is 2.08 bits per heavy atom. The second-order valence-corrected chi connectivity index (χ2v) is 5.52. The van der Waals surface area contributed by atoms with Gasteiger partial charge in [0.1, 0.15) is 12.4 Å². The first-order chi connectivity index (χ1) is 12.0. The maximum atomic E-state index is 12.1. The molecule has 25 heavy (non-hydrogen) atoms. The van der Waals surface area contributed by atoms with Gasteiger partial charge in [0.05, 0.1) is 0 Å². The molecule has 0 radical (unpaired) electrons. The minimum atomic E-state index is -0.512. The van der Waals surface area contributed by atoms with Gasteiger partial charge in [-0.1, -0.05) is 31.6 Å². The summed E-state index contributed by atoms with van der Waals surface area (Å²) in [5.41, 5.74) is -0.401. The summed E-state index contributed by atoms with van der Waals surface area (Å²) < 4.78 is 8.12. The molecule has 0 spiro atoms. The maximum absolute atomic E-state index is 12.1. The summed E-state index contributed by atoms with van der Waals surface area (Å²) in [6, 6.07) is 0. The van der Waals surface area contributed by atoms with Crippen LogP contribution in [0.5, 0.6) is 0 Å². The van der Waals surface area contributed by atoms with E-state index < -0.39 is 17.2 Å². The third-order valence-electron chi connectivity index (χ3n) is 3.72. The Bertz CT molecular complexity index is 930. The number of rotatable bonds is 7. The first-order valence-electron chi connectivity index (χ1n) is 8.14. The Kier molecular flexibility index (Phi) is 6.10. The smallest absolute Gasteiger partial charge is 0.331 e. The van der Waals surface area contributed by atoms with Crippen molar-refractivity contribution in [3.05, 3.63) is 51.0 Å². The molecule has 8 nitrogen and oxygen atoms in total. The number of aromatic amines is 1. The van der Waals surface area contributed by atoms with Crippen LogP contribution >= 0.6 is 0 Å². The van der Waals surface area contributed by atoms with Crippen LogP contribution in [-0.2, 0) is 29.7 Å². The van der Waals surface area contributed by atoms with Gasteiger partial charge < -0.3 is 9.30 Å². The van der Waals surface area contributed by atoms with E-state index in [4.69, 9.17) is 4.74 Å². The number of ether oxygens (including phenoxy) is 1. The lowest BCUT2D eigenvalue weighted by molar-refractivity contribution is -0.139. The zero-order valence-electron chi connectivity index (χ0n) is 14.6. The Morgan fingerprint density at radius 1 is 1.32 bits per heavy atom. The highest BCUT2D eigenvalue weighted by Gasteiger charge is 2.16. The molecule has 2 aromatic rings. The summed E-state index contributed by atoms with van der Waals surface area (Å²) in [6.07, 6.45) is 8.07. The molecule has 0 atom stereocenters. The summed E-state index contributed by atoms with van der Waals surface area (Å²) in [7, 11) is 1.65. The quantitative estimate of drug-likeness (QED) is 0.464. The van der Waals surface area contributed by atoms with Crippen molar-refractivity contribution in [3.8, 4) is 0 Å². The van der Waals surface area contributed by atoms with Gasteiger partial charge in [-0.15, -0.1) is 0 Å². The van der Waals surface area contributed by atoms with Crippen molar-refractivity contribution in [1.29, 1.82) is 0 Å². The number of aryl methyl sites for hydroxylation is 2. The lowest BCUT2D eigenvalue weighted by atomic mass is 10.3. The van der Waals surface area contributed by atoms with Crippen molar-refractivity contribution in [2.45, 2.75) is 39.8 Å². The van der Waals surface area contributed by atoms with E-state index in [9.17, 15) is 14.4 Å². The van der Waals surface area contributed by atoms with Gasteiger partial charge in [-0.25, -0.2) is 14.6 Å². The Hall–Kier alpha value is -2.90. The molecule has 134 valence electrons. The fourth-order valence-corrected chi connectivity index (χ4v) is 2.37. The predicted molar refractivity (Wildman–Crippen MR) is 94.3 cm³/mol. The normalized spacial score (nSPS) is 11.8. The van der Waals surface area contributed by atoms with Crippen molar-refractivity contribution >= 4 is 17.1 Å². The van der Waals surface area contributed by atoms with Crippen LogP contribution in [0.3, 0.4) is 0 Å². The van der Waals surface area contributed by atoms with Crippen LogP contribution in [0, 0.1) is 0 Å². The monoisotopic (exact) mass is 346 g/mol. The number of esters is 1. The number of imidazole rings is 1. The van der Waals surface area contributed by atoms with Gasteiger partial charge in [0.25, 0.3) is 5.56 Å². The molecule has 2 aromatic heterocycles. The number of H-pyrrole nitrogens is 1. The third-order valence-corrected chi connectivity index (χ3v) is 3.72. The zero-order valence-corrected chi connectivity index (χ0v) is 14.6. The van der Waals surface area contributed by atoms with Crippen LogP contribution in [0.15, 0.2) is 33.9 Å². The van der Waals surface area contributed by atoms with Gasteiger partial charge in [-0.05, 0) is 13.3 Å². The van der Waals surface area contributed by atoms with Crippen LogP contribution < -0.4 is 11.2 Å². The average Bonchev–Trinajstić information content (AvgIpc) is 2.90. The molecular weight excluding hydrogens is 324 g/mol. The number of carbonyl (C=O) groups excluding carboxylic acids is 1. The second-order valence-electron chi connectivity index (χ2n) is 5.52. The van der Waals surface area contributed by atoms with E-state index in [1.165, 1.54) is 10.6 Å². The van der Waals surface area contributed by atoms with Crippen molar-refractivity contribution < 1.29 is 9.53 Å². The SMILES string of the molecule is CC=CC=CC(=O)OCc1nc2c(c(=O)[nH]c(=O)n2CCCC)n1C. The summed E-state index contributed by atoms with van der Waals surface area (Å²) in [5, 5.41) is 0. The zero-order chi connectivity index (χ0) is 18.4. The van der Waals surface area contributed by atoms with E-state index in [1.54, 1.807) is 29.8 Å². The molecule has 0 fully saturated rings. The molecule has 2 heterocycles. The van der Waals surface area contributed by atoms with Gasteiger partial charge in [-0.2, -0.15) is 0 Å². The third kappa shape index (κ3) is 4.14. The first kappa shape index (κ1) is 18.4. The van der Waals surface area contributed by atoms with Gasteiger partial charge in [-0.3, -0.25) is 14.3 Å². The molecule has 0 aliphatic carbocycles. The molecule has 0 bridgehead atoms. The van der Waals surface area contributed by atoms with E-state index in [0.29, 0.717) is 18.0 Å². The number of hydrogen-bond acceptors (Lipinski definition) is 5. The minimum Gasteiger partial charge on any atom is -0.454 e. The number of carbonyl (C=O) groups is 1. The Morgan fingerprint density at radius 3 is 2.76 bits per heavy atom. The van der Waals surface area contributed by atoms with E-state index in [0.717, 1.165) is 12.8 Å². The van der Waals surface area contributed by atoms with Crippen LogP contribution in [0.1, 0.15) is 32.5 Å². The van der Waals surface area contributed by atoms with Gasteiger partial charge in [0, 0.05) is 19.7 Å². The fraction of sp³-hybridized carbons (Fsp3) is 0.412. The number of nitrogens with one attached hydrogen (secondary N) is 1. The van der Waals surface area contributed by atoms with Gasteiger partial charge >= 0.3 is 11.7 Å². The molecule has 0 saturated carbocycles. The van der Waals surface area contributed by atoms with E-state index in [2.05, 4.69) is 9.97 Å². The van der Waals surface area contributed by atoms with Crippen molar-refractivity contribution in [1.82, 2.24) is 19.1 Å². The van der Waals surface area contributed by atoms with E-state index in [1.807, 2.05) is 13.8 Å². The molecule has 0 unspecified atom stereocenters. The Labute approximate surface area is 144 Å². The molecular formula is C17H22N4O4. The van der Waals surface area contributed by atoms with Crippen LogP contribution in [0.4, 0.5) is 0 Å². The van der Waals surface area contributed by atoms with E-state index >= 15 is 0 Å². The summed E-state index contributed by atoms with van der Waals surface area (Å²) in [6.45, 7) is 4.22. The van der Waals surface area contributed by atoms with Crippen LogP contribution in [0.2, 0.25) is 0 Å². The molecule has 0 aromatic carbocycles. The van der Waals surface area contributed by atoms with Crippen molar-refractivity contribution in [3.63, 3.8) is 0 Å². The highest BCUT2D eigenvalue weighted by Crippen LogP contribution is 2.11. The summed E-state index contributed by atoms with van der Waals surface area (Å²) in [5.74, 6) is -0.119. The van der Waals surface area contributed by atoms with Crippen molar-refractivity contribution in [2.75, 3.05) is 0 Å². The molecule has 2 rings (SSSR count). The van der Waals surface area contributed by atoms with Crippen LogP contribution in [-0.4, -0.2) is 25.1 Å². The molecule has 0 saturated heterocycles. The number of fused-ring (bicyclic) bond motifs is 1. The number of aromatic nitrogens is 4. The second kappa shape index (κ2) is 8.27. The predicted octanol–water partition coefficient (Wildman–Crippen LogP) is 1.40. The van der Waals surface area contributed by atoms with Gasteiger partial charge in [0.2, 0.25) is 0 Å². The van der Waals surface area contributed by atoms with Crippen LogP contribution in [0.25, 0.3) is 11.2 Å². The molecule has 0 aliphatic heterocycles. The first-order valence-corrected chi connectivity index (χ1v) is 8.14. The highest BCUT2D eigenvalue weighted by molar-refractivity contribution is 5.82. The average molecular weight is 346 g/mol. The van der Waals surface area contributed by atoms with Gasteiger partial charge in [0.15, 0.2) is 11.2 Å². The summed E-state index contributed by atoms with van der Waals surface area (Å²) >= 11 is 0. The number of hydrogen-bond donors (Lipinski definition) is 1. The number of nitrogens with zero attached hydrogens (tertiary/aromatic N) is 3. The molecule has 0 amide bonds. The van der Waals surface area contributed by atoms with Crippen molar-refractivity contribution in [2.24, 2.45) is 7.05 Å². The molecule has 0 aliphatic rings. The minimum absolute atomic E-state index is 0.0917. The lowest BCUT2D eigenvalue weighted by Gasteiger charge is -2.04. The number of allylic oxidation sites excluding steroid dienone is 3. The fourth-order valence-electron chi connectivity index (χ4n) is 2.37. The standard InChI is InChI=1S/C17H22N4O4/c1-4-6-8-9-13(22)25-11-12-18-15-14(20(12)3)16(23)19-17(24)21(15)10-7-5-2/h4,6,8-9H,5,7,10-11H2,1-3H3,(H,19,23,24). The topological polar surface area (TPSA) is 99.0 Å². The number of unbranched alkanes of at least 4 members (excludes halogenated alkanes) is 1. The molecule has 1 N–H and O–H groups in total. The molecule has 8 heteroatoms. The largest absolute Gasteiger partial charge is 0.454 e. The maximum Gasteiger partial charge on any atom is 0.331 e.